The lowest BCUT2D eigenvalue weighted by Gasteiger charge is -2.28. The molecule has 0 bridgehead atoms. The molecule has 0 atom stereocenters. The van der Waals surface area contributed by atoms with Crippen LogP contribution in [0.4, 0.5) is 0 Å². The van der Waals surface area contributed by atoms with E-state index in [0.717, 1.165) is 11.8 Å². The molecule has 0 amide bonds. The number of pyridine rings is 3. The summed E-state index contributed by atoms with van der Waals surface area (Å²) < 4.78 is 0. The Hall–Kier alpha value is -4.11. The fourth-order valence-electron chi connectivity index (χ4n) is 10.6. The number of hydrogen-bond acceptors (Lipinski definition) is 3. The van der Waals surface area contributed by atoms with E-state index in [0.29, 0.717) is 11.8 Å². The van der Waals surface area contributed by atoms with Crippen molar-refractivity contribution in [1.29, 1.82) is 0 Å². The van der Waals surface area contributed by atoms with Gasteiger partial charge in [-0.15, -0.1) is 0 Å². The minimum Gasteiger partial charge on any atom is -0.265 e. The van der Waals surface area contributed by atoms with Gasteiger partial charge in [-0.2, -0.15) is 0 Å². The van der Waals surface area contributed by atoms with Gasteiger partial charge in [0.2, 0.25) is 0 Å². The van der Waals surface area contributed by atoms with Gasteiger partial charge in [-0.3, -0.25) is 15.0 Å². The maximum absolute atomic E-state index is 4.89. The Morgan fingerprint density at radius 1 is 0.358 bits per heavy atom. The molecule has 0 N–H and O–H groups in total. The quantitative estimate of drug-likeness (QED) is 0.0548. The van der Waals surface area contributed by atoms with E-state index >= 15 is 0 Å². The Morgan fingerprint density at radius 2 is 0.716 bits per heavy atom. The van der Waals surface area contributed by atoms with Crippen LogP contribution in [0.25, 0.3) is 22.3 Å². The number of aryl methyl sites for hydroxylation is 2. The third kappa shape index (κ3) is 21.0. The van der Waals surface area contributed by atoms with Crippen LogP contribution in [-0.2, 0) is 12.8 Å². The molecule has 3 heterocycles. The van der Waals surface area contributed by atoms with Gasteiger partial charge in [-0.05, 0) is 135 Å². The molecule has 0 radical (unpaired) electrons. The third-order valence-corrected chi connectivity index (χ3v) is 15.1. The zero-order chi connectivity index (χ0) is 47.0. The van der Waals surface area contributed by atoms with Gasteiger partial charge in [0.1, 0.15) is 0 Å². The van der Waals surface area contributed by atoms with Crippen molar-refractivity contribution in [3.05, 3.63) is 138 Å². The highest BCUT2D eigenvalue weighted by molar-refractivity contribution is 5.63. The van der Waals surface area contributed by atoms with Crippen molar-refractivity contribution in [2.24, 2.45) is 11.8 Å². The molecule has 67 heavy (non-hydrogen) atoms. The lowest BCUT2D eigenvalue weighted by atomic mass is 9.78. The van der Waals surface area contributed by atoms with Gasteiger partial charge in [0.25, 0.3) is 0 Å². The summed E-state index contributed by atoms with van der Waals surface area (Å²) >= 11 is 0. The number of aromatic nitrogens is 3. The average molecular weight is 904 g/mol. The molecular formula is C64H93N3. The lowest BCUT2D eigenvalue weighted by molar-refractivity contribution is 0.299. The summed E-state index contributed by atoms with van der Waals surface area (Å²) in [5.74, 6) is 3.29. The van der Waals surface area contributed by atoms with E-state index in [1.54, 1.807) is 12.4 Å². The third-order valence-electron chi connectivity index (χ3n) is 15.1. The summed E-state index contributed by atoms with van der Waals surface area (Å²) in [4.78, 5) is 13.6. The van der Waals surface area contributed by atoms with Crippen LogP contribution >= 0.6 is 0 Å². The Morgan fingerprint density at radius 3 is 1.06 bits per heavy atom. The molecule has 2 aliphatic rings. The molecule has 5 aromatic rings. The Bertz CT molecular complexity index is 1880. The number of hydrogen-bond donors (Lipinski definition) is 0. The van der Waals surface area contributed by atoms with E-state index < -0.39 is 0 Å². The monoisotopic (exact) mass is 904 g/mol. The van der Waals surface area contributed by atoms with Crippen LogP contribution in [0.2, 0.25) is 0 Å². The normalized spacial score (nSPS) is 18.0. The van der Waals surface area contributed by atoms with Crippen molar-refractivity contribution in [2.75, 3.05) is 0 Å². The van der Waals surface area contributed by atoms with Crippen LogP contribution in [0, 0.1) is 11.8 Å². The van der Waals surface area contributed by atoms with Crippen molar-refractivity contribution in [2.45, 2.75) is 226 Å². The number of benzene rings is 2. The Labute approximate surface area is 411 Å². The molecule has 2 aliphatic carbocycles. The molecule has 2 saturated carbocycles. The van der Waals surface area contributed by atoms with Crippen LogP contribution < -0.4 is 0 Å². The summed E-state index contributed by atoms with van der Waals surface area (Å²) in [7, 11) is 0. The van der Waals surface area contributed by atoms with Gasteiger partial charge < -0.3 is 0 Å². The maximum atomic E-state index is 4.89. The highest BCUT2D eigenvalue weighted by Gasteiger charge is 2.24. The first-order valence-electron chi connectivity index (χ1n) is 28.1. The lowest BCUT2D eigenvalue weighted by Crippen LogP contribution is -2.14. The number of unbranched alkanes of at least 4 members (excludes halogenated alkanes) is 13. The summed E-state index contributed by atoms with van der Waals surface area (Å²) in [6.45, 7) is 9.14. The van der Waals surface area contributed by atoms with Crippen molar-refractivity contribution in [3.8, 4) is 22.3 Å². The van der Waals surface area contributed by atoms with Crippen molar-refractivity contribution in [3.63, 3.8) is 0 Å². The molecule has 0 unspecified atom stereocenters. The number of nitrogens with zero attached hydrogens (tertiary/aromatic N) is 3. The second-order valence-electron chi connectivity index (χ2n) is 20.5. The van der Waals surface area contributed by atoms with Crippen LogP contribution in [0.15, 0.2) is 116 Å². The maximum Gasteiger partial charge on any atom is 0.0434 e. The zero-order valence-electron chi connectivity index (χ0n) is 43.1. The van der Waals surface area contributed by atoms with E-state index in [2.05, 4.69) is 118 Å². The SMILES string of the molecule is CCCCCCCC1CCC(c2ccc(-c3ccc(CCCCC)cc3)cn2)CC1.CCCCCCCC1CCC(c2ccc(-c3ccc(CCCCCC)cc3)cn2)CC1.c1ccncc1. The molecular weight excluding hydrogens is 811 g/mol. The molecule has 0 saturated heterocycles. The summed E-state index contributed by atoms with van der Waals surface area (Å²) in [6.07, 6.45) is 47.4. The fourth-order valence-corrected chi connectivity index (χ4v) is 10.6. The van der Waals surface area contributed by atoms with Gasteiger partial charge in [-0.1, -0.05) is 204 Å². The zero-order valence-corrected chi connectivity index (χ0v) is 43.1. The fraction of sp³-hybridized carbons (Fsp3) is 0.578. The molecule has 7 rings (SSSR count). The van der Waals surface area contributed by atoms with Gasteiger partial charge >= 0.3 is 0 Å². The molecule has 364 valence electrons. The summed E-state index contributed by atoms with van der Waals surface area (Å²) in [5, 5.41) is 0. The Balaban J connectivity index is 0.000000222. The summed E-state index contributed by atoms with van der Waals surface area (Å²) in [6, 6.07) is 33.2. The van der Waals surface area contributed by atoms with E-state index in [1.165, 1.54) is 231 Å². The van der Waals surface area contributed by atoms with Crippen LogP contribution in [0.1, 0.15) is 235 Å². The minimum atomic E-state index is 0.677. The Kier molecular flexibility index (Phi) is 26.8. The van der Waals surface area contributed by atoms with Gasteiger partial charge in [-0.25, -0.2) is 0 Å². The summed E-state index contributed by atoms with van der Waals surface area (Å²) in [5.41, 5.74) is 10.6. The standard InChI is InChI=1S/C30H45N.C29H43N.C5H5N/c1-3-5-7-9-11-13-26-16-20-28(21-17-26)30-23-22-29(24-31-30)27-18-14-25(15-19-27)12-10-8-6-4-2;1-3-5-7-8-10-12-25-15-19-27(20-16-25)29-22-21-28(23-30-29)26-17-13-24(14-18-26)11-9-6-4-2;1-2-4-6-5-3-1/h14-15,18-19,22-24,26,28H,3-13,16-17,20-21H2,1-2H3;13-14,17-18,21-23,25,27H,3-12,15-16,19-20H2,1-2H3;1-5H. The van der Waals surface area contributed by atoms with Crippen LogP contribution in [0.5, 0.6) is 0 Å². The first kappa shape index (κ1) is 53.8. The van der Waals surface area contributed by atoms with Gasteiger partial charge in [0.15, 0.2) is 0 Å². The van der Waals surface area contributed by atoms with Crippen LogP contribution in [-0.4, -0.2) is 15.0 Å². The molecule has 0 spiro atoms. The smallest absolute Gasteiger partial charge is 0.0434 e. The first-order valence-corrected chi connectivity index (χ1v) is 28.1. The highest BCUT2D eigenvalue weighted by Crippen LogP contribution is 2.39. The highest BCUT2D eigenvalue weighted by atomic mass is 14.7. The van der Waals surface area contributed by atoms with Crippen molar-refractivity contribution < 1.29 is 0 Å². The minimum absolute atomic E-state index is 0.677. The van der Waals surface area contributed by atoms with E-state index in [1.807, 2.05) is 18.2 Å². The first-order chi connectivity index (χ1) is 33.1. The van der Waals surface area contributed by atoms with E-state index in [4.69, 9.17) is 9.97 Å². The second kappa shape index (κ2) is 33.4. The van der Waals surface area contributed by atoms with E-state index in [9.17, 15) is 0 Å². The van der Waals surface area contributed by atoms with Gasteiger partial charge in [0, 0.05) is 59.1 Å². The topological polar surface area (TPSA) is 38.7 Å². The second-order valence-corrected chi connectivity index (χ2v) is 20.5. The predicted octanol–water partition coefficient (Wildman–Crippen LogP) is 19.7. The molecule has 2 fully saturated rings. The largest absolute Gasteiger partial charge is 0.265 e. The number of rotatable bonds is 25. The molecule has 0 aliphatic heterocycles. The van der Waals surface area contributed by atoms with Gasteiger partial charge in [0.05, 0.1) is 0 Å². The van der Waals surface area contributed by atoms with Crippen LogP contribution in [0.3, 0.4) is 0 Å². The molecule has 3 nitrogen and oxygen atoms in total. The molecule has 3 heteroatoms. The molecule has 3 aromatic heterocycles. The van der Waals surface area contributed by atoms with E-state index in [-0.39, 0.29) is 0 Å². The average Bonchev–Trinajstić information content (AvgIpc) is 3.39. The predicted molar refractivity (Wildman–Crippen MR) is 291 cm³/mol. The molecule has 2 aromatic carbocycles. The van der Waals surface area contributed by atoms with Crippen molar-refractivity contribution >= 4 is 0 Å². The van der Waals surface area contributed by atoms with Crippen molar-refractivity contribution in [1.82, 2.24) is 15.0 Å².